The van der Waals surface area contributed by atoms with Gasteiger partial charge in [-0.1, -0.05) is 78.9 Å². The Kier molecular flexibility index (Phi) is 6.19. The third kappa shape index (κ3) is 4.70. The summed E-state index contributed by atoms with van der Waals surface area (Å²) in [6.45, 7) is 0.492. The lowest BCUT2D eigenvalue weighted by atomic mass is 9.94. The van der Waals surface area contributed by atoms with Crippen LogP contribution in [0.25, 0.3) is 11.1 Å². The molecule has 0 unspecified atom stereocenters. The third-order valence-corrected chi connectivity index (χ3v) is 5.68. The van der Waals surface area contributed by atoms with E-state index < -0.39 is 0 Å². The van der Waals surface area contributed by atoms with Crippen LogP contribution in [0.2, 0.25) is 0 Å². The molecule has 1 aliphatic carbocycles. The highest BCUT2D eigenvalue weighted by molar-refractivity contribution is 8.17. The first-order chi connectivity index (χ1) is 15.2. The summed E-state index contributed by atoms with van der Waals surface area (Å²) < 4.78 is 0. The number of rotatable bonds is 5. The van der Waals surface area contributed by atoms with Crippen molar-refractivity contribution >= 4 is 34.8 Å². The van der Waals surface area contributed by atoms with Crippen molar-refractivity contribution in [3.05, 3.63) is 107 Å². The molecule has 1 aliphatic rings. The van der Waals surface area contributed by atoms with Gasteiger partial charge in [0.25, 0.3) is 0 Å². The molecule has 3 N–H and O–H groups in total. The molecule has 0 fully saturated rings. The van der Waals surface area contributed by atoms with Crippen molar-refractivity contribution in [2.24, 2.45) is 15.7 Å². The summed E-state index contributed by atoms with van der Waals surface area (Å²) in [6, 6.07) is 26.0. The van der Waals surface area contributed by atoms with Gasteiger partial charge in [0.1, 0.15) is 6.34 Å². The van der Waals surface area contributed by atoms with Gasteiger partial charge in [0.2, 0.25) is 5.78 Å². The van der Waals surface area contributed by atoms with E-state index in [0.29, 0.717) is 17.0 Å². The number of nitrogens with zero attached hydrogens (tertiary/aromatic N) is 2. The fourth-order valence-corrected chi connectivity index (χ4v) is 4.03. The molecule has 6 heteroatoms. The number of Topliss-reactive ketones (excluding diaryl/α,β-unsaturated/α-hetero) is 1. The number of thioether (sulfide) groups is 1. The number of benzene rings is 3. The smallest absolute Gasteiger partial charge is 0.200 e. The van der Waals surface area contributed by atoms with E-state index in [1.54, 1.807) is 12.1 Å². The van der Waals surface area contributed by atoms with Gasteiger partial charge in [-0.25, -0.2) is 4.99 Å². The molecule has 3 aromatic rings. The van der Waals surface area contributed by atoms with E-state index in [0.717, 1.165) is 40.5 Å². The quantitative estimate of drug-likeness (QED) is 0.442. The Morgan fingerprint density at radius 2 is 1.55 bits per heavy atom. The Bertz CT molecular complexity index is 1210. The molecule has 0 amide bonds. The van der Waals surface area contributed by atoms with Crippen LogP contribution in [-0.2, 0) is 6.54 Å². The van der Waals surface area contributed by atoms with Gasteiger partial charge >= 0.3 is 0 Å². The molecule has 3 aromatic carbocycles. The molecule has 0 atom stereocenters. The molecule has 0 saturated carbocycles. The predicted molar refractivity (Wildman–Crippen MR) is 129 cm³/mol. The molecule has 0 bridgehead atoms. The predicted octanol–water partition coefficient (Wildman–Crippen LogP) is 5.08. The number of fused-ring (bicyclic) bond motifs is 1. The highest BCUT2D eigenvalue weighted by Gasteiger charge is 2.25. The third-order valence-electron chi connectivity index (χ3n) is 4.84. The lowest BCUT2D eigenvalue weighted by Gasteiger charge is -2.17. The molecule has 5 nitrogen and oxygen atoms in total. The first kappa shape index (κ1) is 20.5. The van der Waals surface area contributed by atoms with Crippen LogP contribution in [0.5, 0.6) is 0 Å². The molecular weight excluding hydrogens is 404 g/mol. The van der Waals surface area contributed by atoms with Crippen molar-refractivity contribution in [1.82, 2.24) is 0 Å². The normalized spacial score (nSPS) is 14.8. The SMILES string of the molecule is N=CN=C(N)SC1=CC(=NCc2ccc(-c3ccccc3)cc2)c2ccccc2C1=O. The second kappa shape index (κ2) is 9.36. The number of hydrogen-bond donors (Lipinski definition) is 2. The zero-order valence-corrected chi connectivity index (χ0v) is 17.5. The number of carbonyl (C=O) groups excluding carboxylic acids is 1. The average molecular weight is 425 g/mol. The van der Waals surface area contributed by atoms with Crippen LogP contribution >= 0.6 is 11.8 Å². The number of aliphatic imine (C=N–C) groups is 2. The van der Waals surface area contributed by atoms with Crippen molar-refractivity contribution in [3.8, 4) is 11.1 Å². The summed E-state index contributed by atoms with van der Waals surface area (Å²) in [5, 5.41) is 7.20. The first-order valence-electron chi connectivity index (χ1n) is 9.70. The number of carbonyl (C=O) groups is 1. The van der Waals surface area contributed by atoms with Gasteiger partial charge in [0, 0.05) is 11.1 Å². The van der Waals surface area contributed by atoms with Crippen molar-refractivity contribution < 1.29 is 4.79 Å². The zero-order chi connectivity index (χ0) is 21.6. The highest BCUT2D eigenvalue weighted by Crippen LogP contribution is 2.29. The maximum absolute atomic E-state index is 12.8. The average Bonchev–Trinajstić information content (AvgIpc) is 2.81. The molecule has 0 spiro atoms. The largest absolute Gasteiger partial charge is 0.378 e. The molecule has 0 saturated heterocycles. The number of amidine groups is 1. The number of allylic oxidation sites excluding steroid dienone is 2. The number of ketones is 1. The van der Waals surface area contributed by atoms with E-state index in [4.69, 9.17) is 16.1 Å². The molecule has 0 aliphatic heterocycles. The van der Waals surface area contributed by atoms with Crippen LogP contribution in [0.3, 0.4) is 0 Å². The van der Waals surface area contributed by atoms with Crippen molar-refractivity contribution in [2.75, 3.05) is 0 Å². The van der Waals surface area contributed by atoms with Gasteiger partial charge in [-0.3, -0.25) is 15.2 Å². The summed E-state index contributed by atoms with van der Waals surface area (Å²) >= 11 is 1.05. The minimum absolute atomic E-state index is 0.116. The fourth-order valence-electron chi connectivity index (χ4n) is 3.32. The molecule has 31 heavy (non-hydrogen) atoms. The van der Waals surface area contributed by atoms with Gasteiger partial charge in [-0.15, -0.1) is 0 Å². The Balaban J connectivity index is 1.61. The zero-order valence-electron chi connectivity index (χ0n) is 16.7. The van der Waals surface area contributed by atoms with E-state index in [1.807, 2.05) is 36.4 Å². The van der Waals surface area contributed by atoms with E-state index in [-0.39, 0.29) is 11.0 Å². The van der Waals surface area contributed by atoms with E-state index in [1.165, 1.54) is 5.56 Å². The van der Waals surface area contributed by atoms with Crippen molar-refractivity contribution in [1.29, 1.82) is 5.41 Å². The monoisotopic (exact) mass is 424 g/mol. The van der Waals surface area contributed by atoms with Crippen LogP contribution in [-0.4, -0.2) is 23.0 Å². The minimum atomic E-state index is -0.116. The van der Waals surface area contributed by atoms with Crippen LogP contribution < -0.4 is 5.73 Å². The fraction of sp³-hybridized carbons (Fsp3) is 0.0400. The molecule has 0 radical (unpaired) electrons. The molecule has 0 aromatic heterocycles. The summed E-state index contributed by atoms with van der Waals surface area (Å²) in [6.07, 6.45) is 2.61. The summed E-state index contributed by atoms with van der Waals surface area (Å²) in [7, 11) is 0. The summed E-state index contributed by atoms with van der Waals surface area (Å²) in [5.74, 6) is -0.116. The lowest BCUT2D eigenvalue weighted by Crippen LogP contribution is -2.19. The Labute approximate surface area is 185 Å². The summed E-state index contributed by atoms with van der Waals surface area (Å²) in [5.41, 5.74) is 11.3. The maximum Gasteiger partial charge on any atom is 0.200 e. The van der Waals surface area contributed by atoms with Crippen LogP contribution in [0.15, 0.2) is 99.8 Å². The topological polar surface area (TPSA) is 91.7 Å². The second-order valence-electron chi connectivity index (χ2n) is 6.85. The van der Waals surface area contributed by atoms with E-state index >= 15 is 0 Å². The first-order valence-corrected chi connectivity index (χ1v) is 10.5. The van der Waals surface area contributed by atoms with Gasteiger partial charge in [0.15, 0.2) is 5.17 Å². The molecule has 0 heterocycles. The summed E-state index contributed by atoms with van der Waals surface area (Å²) in [4.78, 5) is 21.8. The van der Waals surface area contributed by atoms with Crippen LogP contribution in [0.4, 0.5) is 0 Å². The number of hydrogen-bond acceptors (Lipinski definition) is 4. The minimum Gasteiger partial charge on any atom is -0.378 e. The molecule has 4 rings (SSSR count). The Morgan fingerprint density at radius 1 is 0.903 bits per heavy atom. The highest BCUT2D eigenvalue weighted by atomic mass is 32.2. The van der Waals surface area contributed by atoms with Gasteiger partial charge in [-0.05, 0) is 34.5 Å². The maximum atomic E-state index is 12.8. The lowest BCUT2D eigenvalue weighted by molar-refractivity contribution is 0.104. The van der Waals surface area contributed by atoms with Gasteiger partial charge in [-0.2, -0.15) is 0 Å². The number of nitrogens with two attached hydrogens (primary N) is 1. The Hall–Kier alpha value is -3.77. The second-order valence-corrected chi connectivity index (χ2v) is 7.91. The van der Waals surface area contributed by atoms with Crippen LogP contribution in [0, 0.1) is 5.41 Å². The molecule has 152 valence electrons. The van der Waals surface area contributed by atoms with Crippen molar-refractivity contribution in [3.63, 3.8) is 0 Å². The van der Waals surface area contributed by atoms with Crippen molar-refractivity contribution in [2.45, 2.75) is 6.54 Å². The number of nitrogens with one attached hydrogen (secondary N) is 1. The standard InChI is InChI=1S/C25H20N4OS/c26-16-29-25(27)31-23-14-22(20-8-4-5-9-21(20)24(23)30)28-15-17-10-12-19(13-11-17)18-6-2-1-3-7-18/h1-14,16H,15H2,(H3,26,27,29). The van der Waals surface area contributed by atoms with Gasteiger partial charge in [0.05, 0.1) is 17.2 Å². The van der Waals surface area contributed by atoms with E-state index in [2.05, 4.69) is 41.4 Å². The van der Waals surface area contributed by atoms with Crippen LogP contribution in [0.1, 0.15) is 21.5 Å². The van der Waals surface area contributed by atoms with E-state index in [9.17, 15) is 4.79 Å². The van der Waals surface area contributed by atoms with Gasteiger partial charge < -0.3 is 5.73 Å². The Morgan fingerprint density at radius 3 is 2.26 bits per heavy atom. The molecular formula is C25H20N4OS.